The second-order valence-electron chi connectivity index (χ2n) is 5.36. The van der Waals surface area contributed by atoms with Crippen LogP contribution in [0.4, 0.5) is 10.1 Å². The number of carboxylic acids is 1. The average Bonchev–Trinajstić information content (AvgIpc) is 3.01. The Morgan fingerprint density at radius 1 is 1.12 bits per heavy atom. The number of nitrogens with zero attached hydrogens (tertiary/aromatic N) is 2. The number of halogens is 1. The van der Waals surface area contributed by atoms with E-state index in [9.17, 15) is 14.0 Å². The van der Waals surface area contributed by atoms with E-state index in [1.807, 2.05) is 0 Å². The summed E-state index contributed by atoms with van der Waals surface area (Å²) in [5.74, 6) is -2.04. The third kappa shape index (κ3) is 3.89. The van der Waals surface area contributed by atoms with Gasteiger partial charge in [-0.15, -0.1) is 0 Å². The van der Waals surface area contributed by atoms with Gasteiger partial charge in [0.1, 0.15) is 5.82 Å². The predicted molar refractivity (Wildman–Crippen MR) is 89.1 cm³/mol. The van der Waals surface area contributed by atoms with Crippen LogP contribution in [0.5, 0.6) is 0 Å². The van der Waals surface area contributed by atoms with E-state index < -0.39 is 11.9 Å². The molecule has 7 heteroatoms. The van der Waals surface area contributed by atoms with Crippen molar-refractivity contribution in [2.24, 2.45) is 0 Å². The number of amides is 1. The molecule has 6 nitrogen and oxygen atoms in total. The smallest absolute Gasteiger partial charge is 0.336 e. The van der Waals surface area contributed by atoms with Gasteiger partial charge in [0, 0.05) is 6.20 Å². The van der Waals surface area contributed by atoms with E-state index in [1.165, 1.54) is 30.5 Å². The molecule has 0 radical (unpaired) electrons. The van der Waals surface area contributed by atoms with Gasteiger partial charge in [-0.1, -0.05) is 24.3 Å². The number of aromatic carboxylic acids is 1. The maximum atomic E-state index is 13.2. The zero-order chi connectivity index (χ0) is 17.8. The SMILES string of the molecule is O=C(O)c1ccccc1C(=O)Nc1cnn(Cc2cccc(F)c2)c1. The molecular formula is C18H14FN3O3. The van der Waals surface area contributed by atoms with Gasteiger partial charge in [-0.25, -0.2) is 9.18 Å². The molecule has 0 spiro atoms. The standard InChI is InChI=1S/C18H14FN3O3/c19-13-5-3-4-12(8-13)10-22-11-14(9-20-22)21-17(23)15-6-1-2-7-16(15)18(24)25/h1-9,11H,10H2,(H,21,23)(H,24,25). The molecule has 0 fully saturated rings. The summed E-state index contributed by atoms with van der Waals surface area (Å²) in [6, 6.07) is 12.1. The number of benzene rings is 2. The van der Waals surface area contributed by atoms with Crippen LogP contribution in [0, 0.1) is 5.82 Å². The molecule has 0 unspecified atom stereocenters. The maximum Gasteiger partial charge on any atom is 0.336 e. The van der Waals surface area contributed by atoms with Crippen molar-refractivity contribution < 1.29 is 19.1 Å². The fourth-order valence-electron chi connectivity index (χ4n) is 2.40. The highest BCUT2D eigenvalue weighted by Crippen LogP contribution is 2.14. The third-order valence-corrected chi connectivity index (χ3v) is 3.53. The summed E-state index contributed by atoms with van der Waals surface area (Å²) in [5, 5.41) is 15.9. The largest absolute Gasteiger partial charge is 0.478 e. The first kappa shape index (κ1) is 16.4. The predicted octanol–water partition coefficient (Wildman–Crippen LogP) is 3.02. The highest BCUT2D eigenvalue weighted by Gasteiger charge is 2.16. The minimum atomic E-state index is -1.17. The molecule has 126 valence electrons. The Balaban J connectivity index is 1.73. The lowest BCUT2D eigenvalue weighted by atomic mass is 10.1. The van der Waals surface area contributed by atoms with Gasteiger partial charge >= 0.3 is 5.97 Å². The van der Waals surface area contributed by atoms with Gasteiger partial charge in [0.05, 0.1) is 29.6 Å². The first-order chi connectivity index (χ1) is 12.0. The Labute approximate surface area is 142 Å². The van der Waals surface area contributed by atoms with Crippen LogP contribution >= 0.6 is 0 Å². The van der Waals surface area contributed by atoms with Crippen molar-refractivity contribution in [3.63, 3.8) is 0 Å². The molecular weight excluding hydrogens is 325 g/mol. The summed E-state index contributed by atoms with van der Waals surface area (Å²) in [6.45, 7) is 0.347. The van der Waals surface area contributed by atoms with Crippen LogP contribution in [0.3, 0.4) is 0 Å². The quantitative estimate of drug-likeness (QED) is 0.748. The molecule has 0 aliphatic carbocycles. The topological polar surface area (TPSA) is 84.2 Å². The van der Waals surface area contributed by atoms with Crippen LogP contribution in [-0.2, 0) is 6.54 Å². The first-order valence-corrected chi connectivity index (χ1v) is 7.43. The van der Waals surface area contributed by atoms with E-state index >= 15 is 0 Å². The van der Waals surface area contributed by atoms with Crippen LogP contribution in [-0.4, -0.2) is 26.8 Å². The molecule has 25 heavy (non-hydrogen) atoms. The number of rotatable bonds is 5. The van der Waals surface area contributed by atoms with Gasteiger partial charge in [0.2, 0.25) is 0 Å². The average molecular weight is 339 g/mol. The normalized spacial score (nSPS) is 10.4. The molecule has 3 aromatic rings. The van der Waals surface area contributed by atoms with Gasteiger partial charge in [0.15, 0.2) is 0 Å². The molecule has 0 saturated carbocycles. The molecule has 3 rings (SSSR count). The van der Waals surface area contributed by atoms with E-state index in [2.05, 4.69) is 10.4 Å². The summed E-state index contributed by atoms with van der Waals surface area (Å²) in [6.07, 6.45) is 3.03. The molecule has 2 aromatic carbocycles. The fourth-order valence-corrected chi connectivity index (χ4v) is 2.40. The van der Waals surface area contributed by atoms with E-state index in [4.69, 9.17) is 5.11 Å². The van der Waals surface area contributed by atoms with E-state index in [1.54, 1.807) is 35.1 Å². The minimum Gasteiger partial charge on any atom is -0.478 e. The molecule has 2 N–H and O–H groups in total. The number of carboxylic acid groups (broad SMARTS) is 1. The van der Waals surface area contributed by atoms with Gasteiger partial charge < -0.3 is 10.4 Å². The summed E-state index contributed by atoms with van der Waals surface area (Å²) in [7, 11) is 0. The molecule has 0 bridgehead atoms. The molecule has 1 heterocycles. The van der Waals surface area contributed by atoms with Crippen molar-refractivity contribution in [3.05, 3.63) is 83.4 Å². The van der Waals surface area contributed by atoms with Crippen LogP contribution in [0.25, 0.3) is 0 Å². The van der Waals surface area contributed by atoms with Crippen molar-refractivity contribution in [3.8, 4) is 0 Å². The van der Waals surface area contributed by atoms with Gasteiger partial charge in [0.25, 0.3) is 5.91 Å². The lowest BCUT2D eigenvalue weighted by molar-refractivity contribution is 0.0692. The second-order valence-corrected chi connectivity index (χ2v) is 5.36. The summed E-state index contributed by atoms with van der Waals surface area (Å²) >= 11 is 0. The van der Waals surface area contributed by atoms with Gasteiger partial charge in [-0.05, 0) is 29.8 Å². The van der Waals surface area contributed by atoms with Crippen LogP contribution in [0.15, 0.2) is 60.9 Å². The van der Waals surface area contributed by atoms with Gasteiger partial charge in [-0.3, -0.25) is 9.48 Å². The Morgan fingerprint density at radius 3 is 2.60 bits per heavy atom. The highest BCUT2D eigenvalue weighted by molar-refractivity contribution is 6.10. The Morgan fingerprint density at radius 2 is 1.88 bits per heavy atom. The lowest BCUT2D eigenvalue weighted by Gasteiger charge is -2.06. The van der Waals surface area contributed by atoms with Crippen molar-refractivity contribution in [2.45, 2.75) is 6.54 Å². The monoisotopic (exact) mass is 339 g/mol. The number of carbonyl (C=O) groups excluding carboxylic acids is 1. The zero-order valence-corrected chi connectivity index (χ0v) is 13.0. The number of aromatic nitrogens is 2. The molecule has 0 aliphatic heterocycles. The van der Waals surface area contributed by atoms with Crippen molar-refractivity contribution >= 4 is 17.6 Å². The molecule has 0 saturated heterocycles. The minimum absolute atomic E-state index is 0.0629. The number of carbonyl (C=O) groups is 2. The van der Waals surface area contributed by atoms with Crippen LogP contribution < -0.4 is 5.32 Å². The number of hydrogen-bond donors (Lipinski definition) is 2. The maximum absolute atomic E-state index is 13.2. The first-order valence-electron chi connectivity index (χ1n) is 7.43. The van der Waals surface area contributed by atoms with E-state index in [0.717, 1.165) is 5.56 Å². The van der Waals surface area contributed by atoms with Crippen molar-refractivity contribution in [1.82, 2.24) is 9.78 Å². The number of anilines is 1. The zero-order valence-electron chi connectivity index (χ0n) is 13.0. The third-order valence-electron chi connectivity index (χ3n) is 3.53. The lowest BCUT2D eigenvalue weighted by Crippen LogP contribution is -2.16. The molecule has 1 aromatic heterocycles. The fraction of sp³-hybridized carbons (Fsp3) is 0.0556. The van der Waals surface area contributed by atoms with E-state index in [0.29, 0.717) is 12.2 Å². The summed E-state index contributed by atoms with van der Waals surface area (Å²) in [4.78, 5) is 23.5. The number of hydrogen-bond acceptors (Lipinski definition) is 3. The number of nitrogens with one attached hydrogen (secondary N) is 1. The Hall–Kier alpha value is -3.48. The van der Waals surface area contributed by atoms with E-state index in [-0.39, 0.29) is 16.9 Å². The molecule has 0 aliphatic rings. The van der Waals surface area contributed by atoms with Gasteiger partial charge in [-0.2, -0.15) is 5.10 Å². The van der Waals surface area contributed by atoms with Crippen LogP contribution in [0.2, 0.25) is 0 Å². The second kappa shape index (κ2) is 6.96. The van der Waals surface area contributed by atoms with Crippen molar-refractivity contribution in [2.75, 3.05) is 5.32 Å². The van der Waals surface area contributed by atoms with Crippen molar-refractivity contribution in [1.29, 1.82) is 0 Å². The highest BCUT2D eigenvalue weighted by atomic mass is 19.1. The Bertz CT molecular complexity index is 937. The Kier molecular flexibility index (Phi) is 4.56. The summed E-state index contributed by atoms with van der Waals surface area (Å²) in [5.41, 5.74) is 1.14. The molecule has 0 atom stereocenters. The summed E-state index contributed by atoms with van der Waals surface area (Å²) < 4.78 is 14.8. The van der Waals surface area contributed by atoms with Crippen LogP contribution in [0.1, 0.15) is 26.3 Å². The molecule has 1 amide bonds.